The summed E-state index contributed by atoms with van der Waals surface area (Å²) in [6.45, 7) is 5.52. The van der Waals surface area contributed by atoms with Gasteiger partial charge in [0.2, 0.25) is 0 Å². The second-order valence-corrected chi connectivity index (χ2v) is 3.83. The van der Waals surface area contributed by atoms with Crippen LogP contribution in [0.3, 0.4) is 0 Å². The molecule has 1 nitrogen and oxygen atoms in total. The van der Waals surface area contributed by atoms with E-state index in [1.54, 1.807) is 6.92 Å². The topological polar surface area (TPSA) is 17.1 Å². The molecule has 0 heterocycles. The maximum atomic E-state index is 11.1. The Morgan fingerprint density at radius 2 is 1.83 bits per heavy atom. The lowest BCUT2D eigenvalue weighted by atomic mass is 10.0. The monoisotopic (exact) mass is 226 g/mol. The van der Waals surface area contributed by atoms with Crippen molar-refractivity contribution in [3.63, 3.8) is 0 Å². The minimum Gasteiger partial charge on any atom is -0.295 e. The average Bonchev–Trinajstić information content (AvgIpc) is 1.96. The van der Waals surface area contributed by atoms with Crippen molar-refractivity contribution in [1.82, 2.24) is 0 Å². The van der Waals surface area contributed by atoms with Gasteiger partial charge in [0.05, 0.1) is 0 Å². The summed E-state index contributed by atoms with van der Waals surface area (Å²) in [5.74, 6) is 0.128. The average molecular weight is 227 g/mol. The number of Topliss-reactive ketones (excluding diaryl/α,β-unsaturated/α-hetero) is 1. The molecule has 0 saturated heterocycles. The fraction of sp³-hybridized carbons (Fsp3) is 0.300. The molecule has 0 fully saturated rings. The number of aryl methyl sites for hydroxylation is 2. The van der Waals surface area contributed by atoms with Gasteiger partial charge >= 0.3 is 0 Å². The summed E-state index contributed by atoms with van der Waals surface area (Å²) in [4.78, 5) is 11.1. The van der Waals surface area contributed by atoms with Gasteiger partial charge in [-0.05, 0) is 44.0 Å². The largest absolute Gasteiger partial charge is 0.295 e. The molecular weight excluding hydrogens is 216 g/mol. The highest BCUT2D eigenvalue weighted by Crippen LogP contribution is 2.21. The van der Waals surface area contributed by atoms with Crippen LogP contribution in [-0.4, -0.2) is 5.78 Å². The molecule has 0 aliphatic rings. The fourth-order valence-corrected chi connectivity index (χ4v) is 1.62. The van der Waals surface area contributed by atoms with Crippen molar-refractivity contribution in [1.29, 1.82) is 0 Å². The van der Waals surface area contributed by atoms with Crippen LogP contribution in [0.5, 0.6) is 0 Å². The number of hydrogen-bond donors (Lipinski definition) is 0. The van der Waals surface area contributed by atoms with Crippen LogP contribution in [0, 0.1) is 13.8 Å². The zero-order valence-electron chi connectivity index (χ0n) is 7.44. The SMILES string of the molecule is CC(=O)c1cc(C)c(Br)cc1C. The van der Waals surface area contributed by atoms with Gasteiger partial charge in [-0.1, -0.05) is 15.9 Å². The Kier molecular flexibility index (Phi) is 2.68. The van der Waals surface area contributed by atoms with Crippen molar-refractivity contribution in [2.75, 3.05) is 0 Å². The van der Waals surface area contributed by atoms with Gasteiger partial charge in [-0.25, -0.2) is 0 Å². The van der Waals surface area contributed by atoms with Gasteiger partial charge in [0.15, 0.2) is 5.78 Å². The van der Waals surface area contributed by atoms with Crippen LogP contribution in [0.4, 0.5) is 0 Å². The van der Waals surface area contributed by atoms with E-state index in [9.17, 15) is 4.79 Å². The fourth-order valence-electron chi connectivity index (χ4n) is 1.16. The van der Waals surface area contributed by atoms with Crippen LogP contribution < -0.4 is 0 Å². The molecule has 1 aromatic carbocycles. The Bertz CT molecular complexity index is 329. The van der Waals surface area contributed by atoms with E-state index in [1.807, 2.05) is 26.0 Å². The second kappa shape index (κ2) is 3.40. The second-order valence-electron chi connectivity index (χ2n) is 2.97. The van der Waals surface area contributed by atoms with Gasteiger partial charge in [0.1, 0.15) is 0 Å². The van der Waals surface area contributed by atoms with E-state index in [0.29, 0.717) is 0 Å². The van der Waals surface area contributed by atoms with Gasteiger partial charge in [-0.15, -0.1) is 0 Å². The maximum absolute atomic E-state index is 11.1. The van der Waals surface area contributed by atoms with Crippen LogP contribution in [0.15, 0.2) is 16.6 Å². The summed E-state index contributed by atoms with van der Waals surface area (Å²) in [7, 11) is 0. The van der Waals surface area contributed by atoms with Crippen LogP contribution in [-0.2, 0) is 0 Å². The number of ketones is 1. The molecule has 0 amide bonds. The lowest BCUT2D eigenvalue weighted by molar-refractivity contribution is 0.101. The summed E-state index contributed by atoms with van der Waals surface area (Å²) < 4.78 is 1.06. The van der Waals surface area contributed by atoms with E-state index in [4.69, 9.17) is 0 Å². The number of halogens is 1. The maximum Gasteiger partial charge on any atom is 0.160 e. The minimum absolute atomic E-state index is 0.128. The molecule has 12 heavy (non-hydrogen) atoms. The summed E-state index contributed by atoms with van der Waals surface area (Å²) in [5.41, 5.74) is 2.95. The predicted molar refractivity (Wildman–Crippen MR) is 53.6 cm³/mol. The summed E-state index contributed by atoms with van der Waals surface area (Å²) in [6.07, 6.45) is 0. The Balaban J connectivity index is 3.33. The zero-order valence-corrected chi connectivity index (χ0v) is 9.03. The Hall–Kier alpha value is -0.630. The summed E-state index contributed by atoms with van der Waals surface area (Å²) >= 11 is 3.42. The molecule has 0 atom stereocenters. The number of carbonyl (C=O) groups excluding carboxylic acids is 1. The van der Waals surface area contributed by atoms with E-state index in [2.05, 4.69) is 15.9 Å². The van der Waals surface area contributed by atoms with Crippen molar-refractivity contribution in [3.8, 4) is 0 Å². The standard InChI is InChI=1S/C10H11BrO/c1-6-5-10(11)7(2)4-9(6)8(3)12/h4-5H,1-3H3. The minimum atomic E-state index is 0.128. The van der Waals surface area contributed by atoms with Crippen molar-refractivity contribution >= 4 is 21.7 Å². The molecule has 0 aromatic heterocycles. The van der Waals surface area contributed by atoms with Crippen molar-refractivity contribution in [3.05, 3.63) is 33.3 Å². The van der Waals surface area contributed by atoms with Gasteiger partial charge in [0, 0.05) is 10.0 Å². The molecule has 0 bridgehead atoms. The van der Waals surface area contributed by atoms with Crippen molar-refractivity contribution in [2.45, 2.75) is 20.8 Å². The molecule has 1 aromatic rings. The molecule has 0 aliphatic heterocycles. The van der Waals surface area contributed by atoms with Gasteiger partial charge < -0.3 is 0 Å². The van der Waals surface area contributed by atoms with Gasteiger partial charge in [-0.2, -0.15) is 0 Å². The predicted octanol–water partition coefficient (Wildman–Crippen LogP) is 3.27. The number of carbonyl (C=O) groups is 1. The van der Waals surface area contributed by atoms with E-state index >= 15 is 0 Å². The third-order valence-electron chi connectivity index (χ3n) is 1.88. The molecular formula is C10H11BrO. The van der Waals surface area contributed by atoms with Crippen LogP contribution in [0.25, 0.3) is 0 Å². The third-order valence-corrected chi connectivity index (χ3v) is 2.74. The highest BCUT2D eigenvalue weighted by atomic mass is 79.9. The summed E-state index contributed by atoms with van der Waals surface area (Å²) in [5, 5.41) is 0. The van der Waals surface area contributed by atoms with Crippen LogP contribution >= 0.6 is 15.9 Å². The molecule has 64 valence electrons. The molecule has 2 heteroatoms. The third kappa shape index (κ3) is 1.75. The lowest BCUT2D eigenvalue weighted by Gasteiger charge is -2.04. The Morgan fingerprint density at radius 3 is 2.33 bits per heavy atom. The first kappa shape index (κ1) is 9.46. The highest BCUT2D eigenvalue weighted by molar-refractivity contribution is 9.10. The lowest BCUT2D eigenvalue weighted by Crippen LogP contribution is -1.96. The van der Waals surface area contributed by atoms with E-state index in [-0.39, 0.29) is 5.78 Å². The smallest absolute Gasteiger partial charge is 0.160 e. The van der Waals surface area contributed by atoms with Gasteiger partial charge in [-0.3, -0.25) is 4.79 Å². The quantitative estimate of drug-likeness (QED) is 0.673. The molecule has 0 aliphatic carbocycles. The molecule has 0 saturated carbocycles. The van der Waals surface area contributed by atoms with E-state index < -0.39 is 0 Å². The molecule has 0 unspecified atom stereocenters. The zero-order chi connectivity index (χ0) is 9.30. The highest BCUT2D eigenvalue weighted by Gasteiger charge is 2.05. The first-order valence-corrected chi connectivity index (χ1v) is 4.59. The normalized spacial score (nSPS) is 10.0. The molecule has 0 radical (unpaired) electrons. The molecule has 1 rings (SSSR count). The van der Waals surface area contributed by atoms with Crippen molar-refractivity contribution < 1.29 is 4.79 Å². The Morgan fingerprint density at radius 1 is 1.25 bits per heavy atom. The molecule has 0 spiro atoms. The van der Waals surface area contributed by atoms with Gasteiger partial charge in [0.25, 0.3) is 0 Å². The number of benzene rings is 1. The van der Waals surface area contributed by atoms with Crippen molar-refractivity contribution in [2.24, 2.45) is 0 Å². The van der Waals surface area contributed by atoms with E-state index in [1.165, 1.54) is 0 Å². The number of rotatable bonds is 1. The Labute approximate surface area is 80.9 Å². The first-order chi connectivity index (χ1) is 5.52. The first-order valence-electron chi connectivity index (χ1n) is 3.80. The van der Waals surface area contributed by atoms with Crippen LogP contribution in [0.2, 0.25) is 0 Å². The van der Waals surface area contributed by atoms with E-state index in [0.717, 1.165) is 21.2 Å². The van der Waals surface area contributed by atoms with Crippen LogP contribution in [0.1, 0.15) is 28.4 Å². The molecule has 0 N–H and O–H groups in total. The number of hydrogen-bond acceptors (Lipinski definition) is 1. The summed E-state index contributed by atoms with van der Waals surface area (Å²) in [6, 6.07) is 3.90.